The number of aromatic nitrogens is 2. The highest BCUT2D eigenvalue weighted by atomic mass is 19.1. The van der Waals surface area contributed by atoms with Crippen LogP contribution in [0, 0.1) is 11.6 Å². The van der Waals surface area contributed by atoms with Crippen LogP contribution >= 0.6 is 0 Å². The average molecular weight is 560 g/mol. The van der Waals surface area contributed by atoms with Gasteiger partial charge in [0.25, 0.3) is 5.56 Å². The zero-order valence-corrected chi connectivity index (χ0v) is 23.0. The molecule has 0 saturated carbocycles. The van der Waals surface area contributed by atoms with E-state index in [0.717, 1.165) is 31.8 Å². The van der Waals surface area contributed by atoms with Gasteiger partial charge in [-0.25, -0.2) is 18.6 Å². The van der Waals surface area contributed by atoms with E-state index in [4.69, 9.17) is 14.2 Å². The highest BCUT2D eigenvalue weighted by Crippen LogP contribution is 2.32. The van der Waals surface area contributed by atoms with Crippen molar-refractivity contribution in [3.63, 3.8) is 0 Å². The quantitative estimate of drug-likeness (QED) is 0.354. The van der Waals surface area contributed by atoms with E-state index in [1.807, 2.05) is 0 Å². The molecule has 4 rings (SSSR count). The summed E-state index contributed by atoms with van der Waals surface area (Å²) in [5.41, 5.74) is -0.0448. The predicted molar refractivity (Wildman–Crippen MR) is 148 cm³/mol. The summed E-state index contributed by atoms with van der Waals surface area (Å²) in [5, 5.41) is 2.74. The maximum absolute atomic E-state index is 14.6. The molecule has 3 heterocycles. The Morgan fingerprint density at radius 3 is 2.48 bits per heavy atom. The van der Waals surface area contributed by atoms with Crippen molar-refractivity contribution in [2.75, 3.05) is 69.9 Å². The first kappa shape index (κ1) is 29.2. The summed E-state index contributed by atoms with van der Waals surface area (Å²) in [5.74, 6) is -1.31. The molecular weight excluding hydrogens is 524 g/mol. The third kappa shape index (κ3) is 6.50. The lowest BCUT2D eigenvalue weighted by molar-refractivity contribution is 0.122. The fraction of sp³-hybridized carbons (Fsp3) is 0.464. The molecule has 40 heavy (non-hydrogen) atoms. The first-order chi connectivity index (χ1) is 19.4. The van der Waals surface area contributed by atoms with Crippen LogP contribution in [0.4, 0.5) is 25.0 Å². The number of pyridine rings is 2. The molecule has 3 aromatic rings. The van der Waals surface area contributed by atoms with Crippen LogP contribution in [0.5, 0.6) is 5.88 Å². The summed E-state index contributed by atoms with van der Waals surface area (Å²) in [4.78, 5) is 35.5. The molecule has 1 N–H and O–H groups in total. The number of halogens is 2. The van der Waals surface area contributed by atoms with Crippen LogP contribution in [0.1, 0.15) is 25.8 Å². The number of benzene rings is 1. The van der Waals surface area contributed by atoms with Gasteiger partial charge < -0.3 is 28.6 Å². The number of carbonyl (C=O) groups excluding carboxylic acids is 1. The van der Waals surface area contributed by atoms with E-state index >= 15 is 0 Å². The van der Waals surface area contributed by atoms with Crippen LogP contribution in [0.2, 0.25) is 0 Å². The zero-order valence-electron chi connectivity index (χ0n) is 23.0. The van der Waals surface area contributed by atoms with Crippen molar-refractivity contribution in [2.45, 2.75) is 26.8 Å². The molecule has 0 spiro atoms. The molecule has 12 heteroatoms. The Bertz CT molecular complexity index is 1370. The van der Waals surface area contributed by atoms with E-state index in [1.165, 1.54) is 17.7 Å². The van der Waals surface area contributed by atoms with Gasteiger partial charge in [-0.15, -0.1) is 0 Å². The van der Waals surface area contributed by atoms with Crippen LogP contribution in [-0.2, 0) is 16.0 Å². The summed E-state index contributed by atoms with van der Waals surface area (Å²) in [7, 11) is 1.44. The first-order valence-electron chi connectivity index (χ1n) is 13.4. The number of fused-ring (bicyclic) bond motifs is 1. The van der Waals surface area contributed by atoms with Crippen molar-refractivity contribution < 1.29 is 27.8 Å². The molecule has 1 aliphatic heterocycles. The minimum atomic E-state index is -0.773. The van der Waals surface area contributed by atoms with E-state index in [2.05, 4.69) is 29.0 Å². The number of rotatable bonds is 11. The third-order valence-corrected chi connectivity index (χ3v) is 6.95. The SMILES string of the molecule is CCN(CC)CCCOC(=O)Nc1c(N2CCOCC2)c(=O)n(Cc2c(F)cccc2F)c2ccc(OC)nc12. The van der Waals surface area contributed by atoms with Crippen LogP contribution < -0.4 is 20.5 Å². The second-order valence-electron chi connectivity index (χ2n) is 9.28. The number of carbonyl (C=O) groups is 1. The third-order valence-electron chi connectivity index (χ3n) is 6.95. The summed E-state index contributed by atoms with van der Waals surface area (Å²) in [6.07, 6.45) is -0.0918. The van der Waals surface area contributed by atoms with Gasteiger partial charge in [0.2, 0.25) is 5.88 Å². The van der Waals surface area contributed by atoms with Gasteiger partial charge in [-0.3, -0.25) is 10.1 Å². The lowest BCUT2D eigenvalue weighted by atomic mass is 10.1. The fourth-order valence-corrected chi connectivity index (χ4v) is 4.73. The number of nitrogens with one attached hydrogen (secondary N) is 1. The van der Waals surface area contributed by atoms with Crippen LogP contribution in [0.3, 0.4) is 0 Å². The molecule has 1 aromatic carbocycles. The van der Waals surface area contributed by atoms with Gasteiger partial charge in [0.05, 0.1) is 39.0 Å². The van der Waals surface area contributed by atoms with Gasteiger partial charge in [0.1, 0.15) is 28.5 Å². The largest absolute Gasteiger partial charge is 0.481 e. The lowest BCUT2D eigenvalue weighted by Crippen LogP contribution is -2.41. The molecule has 2 aromatic heterocycles. The number of morpholine rings is 1. The lowest BCUT2D eigenvalue weighted by Gasteiger charge is -2.31. The van der Waals surface area contributed by atoms with Gasteiger partial charge in [-0.2, -0.15) is 0 Å². The Morgan fingerprint density at radius 2 is 1.82 bits per heavy atom. The highest BCUT2D eigenvalue weighted by Gasteiger charge is 2.27. The number of hydrogen-bond acceptors (Lipinski definition) is 8. The van der Waals surface area contributed by atoms with E-state index in [9.17, 15) is 18.4 Å². The summed E-state index contributed by atoms with van der Waals surface area (Å²) >= 11 is 0. The fourth-order valence-electron chi connectivity index (χ4n) is 4.73. The van der Waals surface area contributed by atoms with Crippen molar-refractivity contribution in [3.05, 3.63) is 57.9 Å². The number of ether oxygens (including phenoxy) is 3. The smallest absolute Gasteiger partial charge is 0.411 e. The van der Waals surface area contributed by atoms with E-state index < -0.39 is 23.3 Å². The monoisotopic (exact) mass is 559 g/mol. The molecule has 0 radical (unpaired) electrons. The number of hydrogen-bond donors (Lipinski definition) is 1. The zero-order chi connectivity index (χ0) is 28.6. The normalized spacial score (nSPS) is 13.6. The molecule has 10 nitrogen and oxygen atoms in total. The molecule has 0 unspecified atom stereocenters. The van der Waals surface area contributed by atoms with Crippen molar-refractivity contribution in [2.24, 2.45) is 0 Å². The van der Waals surface area contributed by atoms with E-state index in [-0.39, 0.29) is 47.0 Å². The Hall–Kier alpha value is -3.77. The number of anilines is 2. The second-order valence-corrected chi connectivity index (χ2v) is 9.28. The topological polar surface area (TPSA) is 98.2 Å². The minimum absolute atomic E-state index is 0.133. The van der Waals surface area contributed by atoms with E-state index in [0.29, 0.717) is 32.7 Å². The standard InChI is InChI=1S/C28H35F2N5O5/c1-4-33(5-2)12-7-15-40-28(37)32-25-24-22(10-11-23(31-24)38-3)35(18-19-20(29)8-6-9-21(19)30)27(36)26(25)34-13-16-39-17-14-34/h6,8-11H,4-5,7,12-18H2,1-3H3,(H,32,37). The molecule has 1 aliphatic rings. The predicted octanol–water partition coefficient (Wildman–Crippen LogP) is 3.85. The molecule has 1 saturated heterocycles. The summed E-state index contributed by atoms with van der Waals surface area (Å²) in [6.45, 7) is 7.99. The number of methoxy groups -OCH3 is 1. The molecule has 0 aliphatic carbocycles. The van der Waals surface area contributed by atoms with Crippen molar-refractivity contribution in [1.29, 1.82) is 0 Å². The van der Waals surface area contributed by atoms with Gasteiger partial charge in [0, 0.05) is 31.3 Å². The molecule has 0 bridgehead atoms. The summed E-state index contributed by atoms with van der Waals surface area (Å²) in [6, 6.07) is 6.66. The molecule has 0 atom stereocenters. The Balaban J connectivity index is 1.78. The van der Waals surface area contributed by atoms with Gasteiger partial charge in [-0.05, 0) is 37.7 Å². The van der Waals surface area contributed by atoms with Crippen LogP contribution in [-0.4, -0.2) is 80.2 Å². The number of amides is 1. The second kappa shape index (κ2) is 13.5. The highest BCUT2D eigenvalue weighted by molar-refractivity contribution is 6.02. The maximum Gasteiger partial charge on any atom is 0.411 e. The van der Waals surface area contributed by atoms with Crippen LogP contribution in [0.15, 0.2) is 35.1 Å². The van der Waals surface area contributed by atoms with Crippen LogP contribution in [0.25, 0.3) is 11.0 Å². The average Bonchev–Trinajstić information content (AvgIpc) is 2.97. The molecule has 1 fully saturated rings. The Labute approximate surface area is 231 Å². The first-order valence-corrected chi connectivity index (χ1v) is 13.4. The molecule has 216 valence electrons. The van der Waals surface area contributed by atoms with Crippen molar-refractivity contribution in [3.8, 4) is 5.88 Å². The van der Waals surface area contributed by atoms with Gasteiger partial charge in [-0.1, -0.05) is 19.9 Å². The Morgan fingerprint density at radius 1 is 1.12 bits per heavy atom. The maximum atomic E-state index is 14.6. The summed E-state index contributed by atoms with van der Waals surface area (Å²) < 4.78 is 46.8. The van der Waals surface area contributed by atoms with Crippen molar-refractivity contribution in [1.82, 2.24) is 14.5 Å². The van der Waals surface area contributed by atoms with E-state index in [1.54, 1.807) is 17.0 Å². The Kier molecular flexibility index (Phi) is 9.88. The van der Waals surface area contributed by atoms with Gasteiger partial charge in [0.15, 0.2) is 0 Å². The molecule has 1 amide bonds. The van der Waals surface area contributed by atoms with Gasteiger partial charge >= 0.3 is 6.09 Å². The molecular formula is C28H35F2N5O5. The minimum Gasteiger partial charge on any atom is -0.481 e. The van der Waals surface area contributed by atoms with Crippen molar-refractivity contribution >= 4 is 28.5 Å². The number of nitrogens with zero attached hydrogens (tertiary/aromatic N) is 4.